The van der Waals surface area contributed by atoms with E-state index < -0.39 is 6.10 Å². The van der Waals surface area contributed by atoms with Gasteiger partial charge in [0.1, 0.15) is 0 Å². The SMILES string of the molecule is COCCOCCOCCOCCCC(O)CO. The van der Waals surface area contributed by atoms with Gasteiger partial charge in [-0.05, 0) is 12.8 Å². The van der Waals surface area contributed by atoms with Gasteiger partial charge in [-0.3, -0.25) is 0 Å². The quantitative estimate of drug-likeness (QED) is 0.425. The Kier molecular flexibility index (Phi) is 14.6. The molecule has 1 unspecified atom stereocenters. The van der Waals surface area contributed by atoms with Crippen LogP contribution < -0.4 is 0 Å². The molecule has 6 heteroatoms. The Morgan fingerprint density at radius 1 is 0.833 bits per heavy atom. The van der Waals surface area contributed by atoms with Gasteiger partial charge in [0.15, 0.2) is 0 Å². The Morgan fingerprint density at radius 3 is 1.83 bits per heavy atom. The zero-order chi connectivity index (χ0) is 13.5. The van der Waals surface area contributed by atoms with E-state index in [2.05, 4.69) is 0 Å². The number of hydrogen-bond donors (Lipinski definition) is 2. The first kappa shape index (κ1) is 17.8. The van der Waals surface area contributed by atoms with Crippen LogP contribution in [0.25, 0.3) is 0 Å². The highest BCUT2D eigenvalue weighted by Gasteiger charge is 2.00. The Morgan fingerprint density at radius 2 is 1.33 bits per heavy atom. The molecule has 0 aliphatic rings. The molecule has 0 aromatic carbocycles. The summed E-state index contributed by atoms with van der Waals surface area (Å²) in [6, 6.07) is 0. The van der Waals surface area contributed by atoms with Gasteiger partial charge in [0.05, 0.1) is 52.4 Å². The molecular weight excluding hydrogens is 240 g/mol. The minimum atomic E-state index is -0.630. The van der Waals surface area contributed by atoms with Gasteiger partial charge in [0.25, 0.3) is 0 Å². The minimum Gasteiger partial charge on any atom is -0.394 e. The first-order valence-electron chi connectivity index (χ1n) is 6.32. The van der Waals surface area contributed by atoms with Crippen LogP contribution in [-0.2, 0) is 18.9 Å². The van der Waals surface area contributed by atoms with E-state index in [0.717, 1.165) is 6.42 Å². The lowest BCUT2D eigenvalue weighted by Gasteiger charge is -2.08. The van der Waals surface area contributed by atoms with Gasteiger partial charge in [-0.25, -0.2) is 0 Å². The fraction of sp³-hybridized carbons (Fsp3) is 1.00. The summed E-state index contributed by atoms with van der Waals surface area (Å²) in [6.45, 7) is 3.76. The van der Waals surface area contributed by atoms with Gasteiger partial charge >= 0.3 is 0 Å². The normalized spacial score (nSPS) is 12.8. The average Bonchev–Trinajstić information content (AvgIpc) is 2.39. The fourth-order valence-electron chi connectivity index (χ4n) is 1.20. The van der Waals surface area contributed by atoms with E-state index >= 15 is 0 Å². The van der Waals surface area contributed by atoms with E-state index in [-0.39, 0.29) is 6.61 Å². The summed E-state index contributed by atoms with van der Waals surface area (Å²) in [7, 11) is 1.64. The van der Waals surface area contributed by atoms with E-state index in [1.165, 1.54) is 0 Å². The molecule has 2 N–H and O–H groups in total. The maximum absolute atomic E-state index is 9.07. The van der Waals surface area contributed by atoms with Crippen LogP contribution in [0.4, 0.5) is 0 Å². The molecule has 110 valence electrons. The van der Waals surface area contributed by atoms with Crippen molar-refractivity contribution < 1.29 is 29.2 Å². The number of aliphatic hydroxyl groups excluding tert-OH is 2. The van der Waals surface area contributed by atoms with Crippen molar-refractivity contribution in [1.82, 2.24) is 0 Å². The zero-order valence-corrected chi connectivity index (χ0v) is 11.2. The molecule has 0 aliphatic carbocycles. The Labute approximate surface area is 109 Å². The van der Waals surface area contributed by atoms with Crippen LogP contribution in [0.15, 0.2) is 0 Å². The maximum Gasteiger partial charge on any atom is 0.0771 e. The highest BCUT2D eigenvalue weighted by molar-refractivity contribution is 4.51. The average molecular weight is 266 g/mol. The molecule has 1 atom stereocenters. The van der Waals surface area contributed by atoms with E-state index in [1.807, 2.05) is 0 Å². The van der Waals surface area contributed by atoms with Crippen molar-refractivity contribution >= 4 is 0 Å². The van der Waals surface area contributed by atoms with Crippen molar-refractivity contribution in [3.05, 3.63) is 0 Å². The first-order valence-corrected chi connectivity index (χ1v) is 6.32. The van der Waals surface area contributed by atoms with Crippen LogP contribution in [0.3, 0.4) is 0 Å². The molecule has 6 nitrogen and oxygen atoms in total. The topological polar surface area (TPSA) is 77.4 Å². The third-order valence-corrected chi connectivity index (χ3v) is 2.21. The van der Waals surface area contributed by atoms with Crippen molar-refractivity contribution in [2.75, 3.05) is 60.0 Å². The molecule has 0 rings (SSSR count). The van der Waals surface area contributed by atoms with Crippen molar-refractivity contribution in [3.8, 4) is 0 Å². The molecule has 0 aromatic rings. The van der Waals surface area contributed by atoms with Gasteiger partial charge in [0, 0.05) is 13.7 Å². The lowest BCUT2D eigenvalue weighted by Crippen LogP contribution is -2.14. The molecule has 0 radical (unpaired) electrons. The molecule has 0 amide bonds. The largest absolute Gasteiger partial charge is 0.394 e. The van der Waals surface area contributed by atoms with Gasteiger partial charge in [-0.15, -0.1) is 0 Å². The fourth-order valence-corrected chi connectivity index (χ4v) is 1.20. The Balaban J connectivity index is 2.94. The van der Waals surface area contributed by atoms with E-state index in [1.54, 1.807) is 7.11 Å². The molecular formula is C12H26O6. The summed E-state index contributed by atoms with van der Waals surface area (Å²) < 4.78 is 20.6. The number of aliphatic hydroxyl groups is 2. The molecule has 18 heavy (non-hydrogen) atoms. The van der Waals surface area contributed by atoms with Crippen LogP contribution in [0, 0.1) is 0 Å². The summed E-state index contributed by atoms with van der Waals surface area (Å²) in [5, 5.41) is 17.6. The lowest BCUT2D eigenvalue weighted by molar-refractivity contribution is 0.00148. The van der Waals surface area contributed by atoms with Crippen LogP contribution in [0.5, 0.6) is 0 Å². The van der Waals surface area contributed by atoms with Crippen molar-refractivity contribution in [2.45, 2.75) is 18.9 Å². The van der Waals surface area contributed by atoms with Gasteiger partial charge in [-0.1, -0.05) is 0 Å². The molecule has 0 aliphatic heterocycles. The van der Waals surface area contributed by atoms with Crippen molar-refractivity contribution in [2.24, 2.45) is 0 Å². The number of rotatable bonds is 14. The molecule has 0 saturated carbocycles. The van der Waals surface area contributed by atoms with Crippen molar-refractivity contribution in [1.29, 1.82) is 0 Å². The zero-order valence-electron chi connectivity index (χ0n) is 11.2. The lowest BCUT2D eigenvalue weighted by atomic mass is 10.2. The maximum atomic E-state index is 9.07. The predicted octanol–water partition coefficient (Wildman–Crippen LogP) is -0.184. The molecule has 0 heterocycles. The van der Waals surface area contributed by atoms with E-state index in [4.69, 9.17) is 29.2 Å². The van der Waals surface area contributed by atoms with E-state index in [0.29, 0.717) is 52.7 Å². The second-order valence-electron chi connectivity index (χ2n) is 3.81. The van der Waals surface area contributed by atoms with Crippen LogP contribution in [-0.4, -0.2) is 76.3 Å². The molecule has 0 aromatic heterocycles. The second kappa shape index (κ2) is 14.8. The summed E-state index contributed by atoms with van der Waals surface area (Å²) in [5.41, 5.74) is 0. The monoisotopic (exact) mass is 266 g/mol. The van der Waals surface area contributed by atoms with Crippen LogP contribution >= 0.6 is 0 Å². The Bertz CT molecular complexity index is 156. The smallest absolute Gasteiger partial charge is 0.0771 e. The number of ether oxygens (including phenoxy) is 4. The van der Waals surface area contributed by atoms with Gasteiger partial charge in [0.2, 0.25) is 0 Å². The third kappa shape index (κ3) is 13.8. The molecule has 0 spiro atoms. The van der Waals surface area contributed by atoms with Gasteiger partial charge < -0.3 is 29.2 Å². The molecule has 0 bridgehead atoms. The predicted molar refractivity (Wildman–Crippen MR) is 66.7 cm³/mol. The summed E-state index contributed by atoms with van der Waals surface area (Å²) in [6.07, 6.45) is 0.668. The molecule has 0 saturated heterocycles. The third-order valence-electron chi connectivity index (χ3n) is 2.21. The minimum absolute atomic E-state index is 0.188. The first-order chi connectivity index (χ1) is 8.81. The highest BCUT2D eigenvalue weighted by Crippen LogP contribution is 1.96. The summed E-state index contributed by atoms with van der Waals surface area (Å²) >= 11 is 0. The Hall–Kier alpha value is -0.240. The molecule has 0 fully saturated rings. The van der Waals surface area contributed by atoms with Crippen LogP contribution in [0.2, 0.25) is 0 Å². The second-order valence-corrected chi connectivity index (χ2v) is 3.81. The number of hydrogen-bond acceptors (Lipinski definition) is 6. The standard InChI is InChI=1S/C12H26O6/c1-15-5-6-17-9-10-18-8-7-16-4-2-3-12(14)11-13/h12-14H,2-11H2,1H3. The highest BCUT2D eigenvalue weighted by atomic mass is 16.6. The summed E-state index contributed by atoms with van der Waals surface area (Å²) in [5.74, 6) is 0. The van der Waals surface area contributed by atoms with Crippen molar-refractivity contribution in [3.63, 3.8) is 0 Å². The van der Waals surface area contributed by atoms with Gasteiger partial charge in [-0.2, -0.15) is 0 Å². The van der Waals surface area contributed by atoms with E-state index in [9.17, 15) is 0 Å². The number of methoxy groups -OCH3 is 1. The van der Waals surface area contributed by atoms with Crippen LogP contribution in [0.1, 0.15) is 12.8 Å². The summed E-state index contributed by atoms with van der Waals surface area (Å²) in [4.78, 5) is 0.